The molecule has 3 aromatic rings. The van der Waals surface area contributed by atoms with E-state index < -0.39 is 0 Å². The number of thioether (sulfide) groups is 1. The van der Waals surface area contributed by atoms with Crippen LogP contribution in [0.4, 0.5) is 5.69 Å². The number of carbonyl (C=O) groups is 1. The Morgan fingerprint density at radius 3 is 2.61 bits per heavy atom. The van der Waals surface area contributed by atoms with E-state index in [-0.39, 0.29) is 11.9 Å². The lowest BCUT2D eigenvalue weighted by molar-refractivity contribution is -0.124. The highest BCUT2D eigenvalue weighted by Gasteiger charge is 2.41. The zero-order chi connectivity index (χ0) is 24.9. The quantitative estimate of drug-likeness (QED) is 0.311. The molecule has 4 nitrogen and oxygen atoms in total. The third kappa shape index (κ3) is 5.69. The van der Waals surface area contributed by atoms with Crippen molar-refractivity contribution >= 4 is 46.2 Å². The van der Waals surface area contributed by atoms with Crippen molar-refractivity contribution < 1.29 is 9.53 Å². The topological polar surface area (TPSA) is 41.9 Å². The van der Waals surface area contributed by atoms with Crippen LogP contribution in [0.3, 0.4) is 0 Å². The van der Waals surface area contributed by atoms with Gasteiger partial charge in [0, 0.05) is 16.6 Å². The molecule has 1 saturated carbocycles. The van der Waals surface area contributed by atoms with E-state index in [0.29, 0.717) is 22.5 Å². The Labute approximate surface area is 222 Å². The summed E-state index contributed by atoms with van der Waals surface area (Å²) in [6.45, 7) is 2.65. The normalized spacial score (nSPS) is 22.4. The average Bonchev–Trinajstić information content (AvgIpc) is 3.18. The average molecular weight is 517 g/mol. The third-order valence-electron chi connectivity index (χ3n) is 6.70. The fourth-order valence-corrected chi connectivity index (χ4v) is 6.06. The molecule has 36 heavy (non-hydrogen) atoms. The lowest BCUT2D eigenvalue weighted by Crippen LogP contribution is -2.44. The molecule has 0 bridgehead atoms. The molecule has 0 aromatic heterocycles. The van der Waals surface area contributed by atoms with Crippen molar-refractivity contribution in [2.45, 2.75) is 45.3 Å². The smallest absolute Gasteiger partial charge is 0.267 e. The van der Waals surface area contributed by atoms with Crippen molar-refractivity contribution in [1.29, 1.82) is 0 Å². The van der Waals surface area contributed by atoms with E-state index in [4.69, 9.17) is 21.3 Å². The number of hydrogen-bond acceptors (Lipinski definition) is 4. The lowest BCUT2D eigenvalue weighted by atomic mass is 9.85. The zero-order valence-corrected chi connectivity index (χ0v) is 21.8. The van der Waals surface area contributed by atoms with Crippen LogP contribution in [0, 0.1) is 5.92 Å². The van der Waals surface area contributed by atoms with Crippen LogP contribution >= 0.6 is 23.4 Å². The summed E-state index contributed by atoms with van der Waals surface area (Å²) in [4.78, 5) is 21.3. The minimum absolute atomic E-state index is 0.0260. The first-order valence-corrected chi connectivity index (χ1v) is 13.6. The number of amides is 1. The van der Waals surface area contributed by atoms with Crippen LogP contribution in [0.1, 0.15) is 43.7 Å². The number of nitrogens with zero attached hydrogens (tertiary/aromatic N) is 2. The SMILES string of the molecule is C[C@@H]1CCCC[C@H]1N1C(=O)/C(=C/c2ccccc2OCc2cccc(Cl)c2)SC1=Nc1ccccc1. The lowest BCUT2D eigenvalue weighted by Gasteiger charge is -2.35. The summed E-state index contributed by atoms with van der Waals surface area (Å²) < 4.78 is 6.14. The van der Waals surface area contributed by atoms with Crippen molar-refractivity contribution in [2.24, 2.45) is 10.9 Å². The molecular formula is C30H29ClN2O2S. The van der Waals surface area contributed by atoms with Gasteiger partial charge >= 0.3 is 0 Å². The Bertz CT molecular complexity index is 1290. The predicted molar refractivity (Wildman–Crippen MR) is 150 cm³/mol. The summed E-state index contributed by atoms with van der Waals surface area (Å²) in [7, 11) is 0. The van der Waals surface area contributed by atoms with Crippen molar-refractivity contribution in [2.75, 3.05) is 0 Å². The molecule has 5 rings (SSSR count). The van der Waals surface area contributed by atoms with Gasteiger partial charge < -0.3 is 4.74 Å². The van der Waals surface area contributed by atoms with Crippen molar-refractivity contribution in [3.05, 3.63) is 99.9 Å². The first-order chi connectivity index (χ1) is 17.6. The molecule has 1 aliphatic heterocycles. The molecule has 3 aromatic carbocycles. The molecule has 2 atom stereocenters. The molecule has 0 unspecified atom stereocenters. The predicted octanol–water partition coefficient (Wildman–Crippen LogP) is 8.10. The maximum absolute atomic E-state index is 13.8. The summed E-state index contributed by atoms with van der Waals surface area (Å²) >= 11 is 7.58. The van der Waals surface area contributed by atoms with Gasteiger partial charge in [0.2, 0.25) is 0 Å². The van der Waals surface area contributed by atoms with E-state index >= 15 is 0 Å². The maximum atomic E-state index is 13.8. The molecule has 184 valence electrons. The van der Waals surface area contributed by atoms with E-state index in [0.717, 1.165) is 47.0 Å². The van der Waals surface area contributed by atoms with Crippen LogP contribution in [0.15, 0.2) is 88.8 Å². The van der Waals surface area contributed by atoms with E-state index in [1.807, 2.05) is 89.8 Å². The van der Waals surface area contributed by atoms with Crippen LogP contribution in [0.2, 0.25) is 5.02 Å². The van der Waals surface area contributed by atoms with E-state index in [2.05, 4.69) is 6.92 Å². The van der Waals surface area contributed by atoms with Gasteiger partial charge in [-0.3, -0.25) is 9.69 Å². The number of benzene rings is 3. The molecule has 2 aliphatic rings. The molecule has 1 heterocycles. The highest BCUT2D eigenvalue weighted by Crippen LogP contribution is 2.40. The molecule has 1 amide bonds. The van der Waals surface area contributed by atoms with Gasteiger partial charge in [-0.1, -0.05) is 79.9 Å². The van der Waals surface area contributed by atoms with Crippen molar-refractivity contribution in [1.82, 2.24) is 4.90 Å². The van der Waals surface area contributed by atoms with Gasteiger partial charge in [-0.05, 0) is 72.5 Å². The number of aliphatic imine (C=N–C) groups is 1. The number of carbonyl (C=O) groups excluding carboxylic acids is 1. The van der Waals surface area contributed by atoms with Gasteiger partial charge in [-0.25, -0.2) is 4.99 Å². The Balaban J connectivity index is 1.45. The largest absolute Gasteiger partial charge is 0.488 e. The number of rotatable bonds is 6. The van der Waals surface area contributed by atoms with Crippen LogP contribution in [0.25, 0.3) is 6.08 Å². The molecule has 2 fully saturated rings. The third-order valence-corrected chi connectivity index (χ3v) is 7.92. The van der Waals surface area contributed by atoms with Gasteiger partial charge in [0.15, 0.2) is 5.17 Å². The molecule has 0 N–H and O–H groups in total. The number of amidine groups is 1. The Morgan fingerprint density at radius 2 is 1.81 bits per heavy atom. The van der Waals surface area contributed by atoms with Crippen LogP contribution in [-0.4, -0.2) is 22.0 Å². The van der Waals surface area contributed by atoms with Gasteiger partial charge in [0.05, 0.1) is 10.6 Å². The fraction of sp³-hybridized carbons (Fsp3) is 0.267. The molecule has 1 aliphatic carbocycles. The standard InChI is InChI=1S/C30H29ClN2O2S/c1-21-10-5-7-16-26(21)33-29(34)28(36-30(33)32-25-14-3-2-4-15-25)19-23-12-6-8-17-27(23)35-20-22-11-9-13-24(31)18-22/h2-4,6,8-9,11-15,17-19,21,26H,5,7,10,16,20H2,1H3/b28-19-,32-30?/t21-,26-/m1/s1. The van der Waals surface area contributed by atoms with Crippen molar-refractivity contribution in [3.63, 3.8) is 0 Å². The minimum atomic E-state index is 0.0260. The summed E-state index contributed by atoms with van der Waals surface area (Å²) in [5.74, 6) is 1.19. The van der Waals surface area contributed by atoms with Gasteiger partial charge in [-0.15, -0.1) is 0 Å². The Kier molecular flexibility index (Phi) is 7.78. The van der Waals surface area contributed by atoms with Gasteiger partial charge in [0.1, 0.15) is 12.4 Å². The van der Waals surface area contributed by atoms with Crippen LogP contribution in [0.5, 0.6) is 5.75 Å². The highest BCUT2D eigenvalue weighted by molar-refractivity contribution is 8.18. The van der Waals surface area contributed by atoms with Crippen LogP contribution in [-0.2, 0) is 11.4 Å². The van der Waals surface area contributed by atoms with Gasteiger partial charge in [-0.2, -0.15) is 0 Å². The van der Waals surface area contributed by atoms with Crippen LogP contribution < -0.4 is 4.74 Å². The van der Waals surface area contributed by atoms with Gasteiger partial charge in [0.25, 0.3) is 5.91 Å². The molecule has 1 saturated heterocycles. The summed E-state index contributed by atoms with van der Waals surface area (Å²) in [6, 6.07) is 25.5. The summed E-state index contributed by atoms with van der Waals surface area (Å²) in [6.07, 6.45) is 6.44. The number of para-hydroxylation sites is 2. The highest BCUT2D eigenvalue weighted by atomic mass is 35.5. The maximum Gasteiger partial charge on any atom is 0.267 e. The van der Waals surface area contributed by atoms with E-state index in [1.54, 1.807) is 0 Å². The second-order valence-electron chi connectivity index (χ2n) is 9.30. The fourth-order valence-electron chi connectivity index (χ4n) is 4.81. The molecule has 0 radical (unpaired) electrons. The number of halogens is 1. The summed E-state index contributed by atoms with van der Waals surface area (Å²) in [5.41, 5.74) is 2.71. The number of ether oxygens (including phenoxy) is 1. The second kappa shape index (κ2) is 11.4. The molecule has 6 heteroatoms. The monoisotopic (exact) mass is 516 g/mol. The molecular weight excluding hydrogens is 488 g/mol. The van der Waals surface area contributed by atoms with E-state index in [9.17, 15) is 4.79 Å². The second-order valence-corrected chi connectivity index (χ2v) is 10.7. The minimum Gasteiger partial charge on any atom is -0.488 e. The Morgan fingerprint density at radius 1 is 1.03 bits per heavy atom. The number of hydrogen-bond donors (Lipinski definition) is 0. The van der Waals surface area contributed by atoms with E-state index in [1.165, 1.54) is 18.2 Å². The zero-order valence-electron chi connectivity index (χ0n) is 20.3. The first-order valence-electron chi connectivity index (χ1n) is 12.4. The summed E-state index contributed by atoms with van der Waals surface area (Å²) in [5, 5.41) is 1.44. The Hall–Kier alpha value is -3.02. The van der Waals surface area contributed by atoms with Crippen molar-refractivity contribution in [3.8, 4) is 5.75 Å². The first kappa shape index (κ1) is 24.7. The molecule has 0 spiro atoms.